The first-order valence-electron chi connectivity index (χ1n) is 7.89. The average molecular weight is 551 g/mol. The van der Waals surface area contributed by atoms with Gasteiger partial charge < -0.3 is 15.4 Å². The van der Waals surface area contributed by atoms with Crippen molar-refractivity contribution in [3.05, 3.63) is 28.2 Å². The molecule has 1 unspecified atom stereocenters. The third-order valence-electron chi connectivity index (χ3n) is 3.93. The molecule has 0 aliphatic carbocycles. The number of benzene rings is 1. The molecular weight excluding hydrogens is 528 g/mol. The Kier molecular flexibility index (Phi) is 9.45. The summed E-state index contributed by atoms with van der Waals surface area (Å²) in [5, 5.41) is 6.36. The maximum absolute atomic E-state index is 12.5. The molecule has 26 heavy (non-hydrogen) atoms. The summed E-state index contributed by atoms with van der Waals surface area (Å²) < 4.78 is 43.6. The Morgan fingerprint density at radius 1 is 1.42 bits per heavy atom. The van der Waals surface area contributed by atoms with Gasteiger partial charge in [0.25, 0.3) is 0 Å². The number of hydrogen-bond acceptors (Lipinski definition) is 3. The first-order valence-corrected chi connectivity index (χ1v) is 8.68. The van der Waals surface area contributed by atoms with E-state index < -0.39 is 12.7 Å². The molecule has 10 heteroatoms. The fraction of sp³-hybridized carbons (Fsp3) is 0.562. The molecule has 2 rings (SSSR count). The zero-order valence-electron chi connectivity index (χ0n) is 14.6. The number of aliphatic imine (C=N–C) groups is 1. The van der Waals surface area contributed by atoms with E-state index in [1.54, 1.807) is 14.2 Å². The molecule has 1 atom stereocenters. The second kappa shape index (κ2) is 10.5. The molecule has 1 heterocycles. The van der Waals surface area contributed by atoms with Crippen LogP contribution in [0, 0.1) is 0 Å². The molecule has 2 N–H and O–H groups in total. The number of guanidine groups is 1. The molecule has 0 bridgehead atoms. The van der Waals surface area contributed by atoms with Gasteiger partial charge in [0, 0.05) is 42.8 Å². The first kappa shape index (κ1) is 23.3. The molecule has 0 amide bonds. The van der Waals surface area contributed by atoms with E-state index in [1.165, 1.54) is 4.90 Å². The van der Waals surface area contributed by atoms with Gasteiger partial charge in [-0.05, 0) is 24.6 Å². The van der Waals surface area contributed by atoms with Crippen LogP contribution in [0.3, 0.4) is 0 Å². The smallest absolute Gasteiger partial charge is 0.401 e. The Morgan fingerprint density at radius 2 is 2.15 bits per heavy atom. The van der Waals surface area contributed by atoms with Crippen LogP contribution in [0.5, 0.6) is 5.75 Å². The summed E-state index contributed by atoms with van der Waals surface area (Å²) in [7, 11) is 3.24. The van der Waals surface area contributed by atoms with Crippen molar-refractivity contribution in [3.63, 3.8) is 0 Å². The zero-order chi connectivity index (χ0) is 18.4. The summed E-state index contributed by atoms with van der Waals surface area (Å²) in [6, 6.07) is 5.64. The third kappa shape index (κ3) is 7.47. The first-order chi connectivity index (χ1) is 11.8. The van der Waals surface area contributed by atoms with Gasteiger partial charge in [0.2, 0.25) is 0 Å². The topological polar surface area (TPSA) is 48.9 Å². The van der Waals surface area contributed by atoms with Crippen molar-refractivity contribution < 1.29 is 17.9 Å². The van der Waals surface area contributed by atoms with Crippen LogP contribution >= 0.6 is 39.9 Å². The Bertz CT molecular complexity index is 616. The number of hydrogen-bond donors (Lipinski definition) is 2. The van der Waals surface area contributed by atoms with Gasteiger partial charge in [0.1, 0.15) is 5.75 Å². The number of ether oxygens (including phenoxy) is 1. The highest BCUT2D eigenvalue weighted by Crippen LogP contribution is 2.23. The summed E-state index contributed by atoms with van der Waals surface area (Å²) in [4.78, 5) is 5.55. The predicted octanol–water partition coefficient (Wildman–Crippen LogP) is 3.38. The van der Waals surface area contributed by atoms with Crippen LogP contribution in [0.25, 0.3) is 0 Å². The van der Waals surface area contributed by atoms with Crippen molar-refractivity contribution in [1.82, 2.24) is 15.5 Å². The molecule has 1 aliphatic rings. The summed E-state index contributed by atoms with van der Waals surface area (Å²) >= 11 is 3.42. The number of halogens is 5. The van der Waals surface area contributed by atoms with Gasteiger partial charge >= 0.3 is 6.18 Å². The molecule has 1 fully saturated rings. The highest BCUT2D eigenvalue weighted by Gasteiger charge is 2.34. The molecular formula is C16H23BrF3IN4O. The van der Waals surface area contributed by atoms with Crippen molar-refractivity contribution >= 4 is 45.9 Å². The maximum atomic E-state index is 12.5. The fourth-order valence-electron chi connectivity index (χ4n) is 2.80. The lowest BCUT2D eigenvalue weighted by Gasteiger charge is -2.20. The van der Waals surface area contributed by atoms with Crippen molar-refractivity contribution in [1.29, 1.82) is 0 Å². The minimum absolute atomic E-state index is 0. The molecule has 1 aromatic carbocycles. The number of alkyl halides is 3. The summed E-state index contributed by atoms with van der Waals surface area (Å²) in [5.41, 5.74) is 0.949. The van der Waals surface area contributed by atoms with Crippen molar-refractivity contribution in [3.8, 4) is 5.75 Å². The second-order valence-corrected chi connectivity index (χ2v) is 6.78. The van der Waals surface area contributed by atoms with Crippen molar-refractivity contribution in [2.24, 2.45) is 4.99 Å². The van der Waals surface area contributed by atoms with Gasteiger partial charge in [-0.3, -0.25) is 9.89 Å². The molecule has 0 spiro atoms. The van der Waals surface area contributed by atoms with E-state index in [4.69, 9.17) is 4.74 Å². The predicted molar refractivity (Wildman–Crippen MR) is 110 cm³/mol. The van der Waals surface area contributed by atoms with Crippen LogP contribution in [0.2, 0.25) is 0 Å². The molecule has 0 saturated carbocycles. The van der Waals surface area contributed by atoms with Crippen molar-refractivity contribution in [2.45, 2.75) is 25.2 Å². The lowest BCUT2D eigenvalue weighted by atomic mass is 10.2. The Morgan fingerprint density at radius 3 is 2.77 bits per heavy atom. The van der Waals surface area contributed by atoms with Gasteiger partial charge in [-0.1, -0.05) is 15.9 Å². The van der Waals surface area contributed by atoms with Crippen LogP contribution in [0.15, 0.2) is 27.7 Å². The number of rotatable bonds is 5. The molecule has 1 aromatic rings. The Labute approximate surface area is 176 Å². The maximum Gasteiger partial charge on any atom is 0.401 e. The summed E-state index contributed by atoms with van der Waals surface area (Å²) in [6.07, 6.45) is -3.51. The van der Waals surface area contributed by atoms with Crippen LogP contribution in [0.1, 0.15) is 12.0 Å². The third-order valence-corrected chi connectivity index (χ3v) is 4.42. The van der Waals surface area contributed by atoms with Crippen LogP contribution in [-0.4, -0.2) is 56.9 Å². The molecule has 1 saturated heterocycles. The van der Waals surface area contributed by atoms with E-state index in [0.29, 0.717) is 32.0 Å². The molecule has 5 nitrogen and oxygen atoms in total. The van der Waals surface area contributed by atoms with E-state index in [1.807, 2.05) is 18.2 Å². The fourth-order valence-corrected chi connectivity index (χ4v) is 3.21. The van der Waals surface area contributed by atoms with Gasteiger partial charge in [0.15, 0.2) is 5.96 Å². The van der Waals surface area contributed by atoms with E-state index in [0.717, 1.165) is 15.8 Å². The molecule has 0 aromatic heterocycles. The SMILES string of the molecule is CN=C(NCc1cc(Br)ccc1OC)NC1CCN(CC(F)(F)F)C1.I. The minimum Gasteiger partial charge on any atom is -0.496 e. The summed E-state index contributed by atoms with van der Waals surface area (Å²) in [6.45, 7) is 0.391. The highest BCUT2D eigenvalue weighted by molar-refractivity contribution is 14.0. The van der Waals surface area contributed by atoms with Crippen LogP contribution in [-0.2, 0) is 6.54 Å². The standard InChI is InChI=1S/C16H22BrF3N4O.HI/c1-21-15(22-8-11-7-12(17)3-4-14(11)25-2)23-13-5-6-24(9-13)10-16(18,19)20;/h3-4,7,13H,5-6,8-10H2,1-2H3,(H2,21,22,23);1H. The van der Waals surface area contributed by atoms with E-state index in [9.17, 15) is 13.2 Å². The molecule has 1 aliphatic heterocycles. The second-order valence-electron chi connectivity index (χ2n) is 5.86. The largest absolute Gasteiger partial charge is 0.496 e. The molecule has 0 radical (unpaired) electrons. The number of nitrogens with one attached hydrogen (secondary N) is 2. The van der Waals surface area contributed by atoms with Gasteiger partial charge in [-0.2, -0.15) is 13.2 Å². The average Bonchev–Trinajstić information content (AvgIpc) is 2.96. The lowest BCUT2D eigenvalue weighted by Crippen LogP contribution is -2.44. The van der Waals surface area contributed by atoms with Gasteiger partial charge in [-0.25, -0.2) is 0 Å². The van der Waals surface area contributed by atoms with E-state index in [-0.39, 0.29) is 30.0 Å². The van der Waals surface area contributed by atoms with Crippen molar-refractivity contribution in [2.75, 3.05) is 33.8 Å². The normalized spacial score (nSPS) is 18.4. The van der Waals surface area contributed by atoms with Gasteiger partial charge in [0.05, 0.1) is 13.7 Å². The number of methoxy groups -OCH3 is 1. The highest BCUT2D eigenvalue weighted by atomic mass is 127. The zero-order valence-corrected chi connectivity index (χ0v) is 18.5. The van der Waals surface area contributed by atoms with E-state index in [2.05, 4.69) is 31.6 Å². The monoisotopic (exact) mass is 550 g/mol. The number of nitrogens with zero attached hydrogens (tertiary/aromatic N) is 2. The van der Waals surface area contributed by atoms with Gasteiger partial charge in [-0.15, -0.1) is 24.0 Å². The quantitative estimate of drug-likeness (QED) is 0.335. The van der Waals surface area contributed by atoms with E-state index >= 15 is 0 Å². The lowest BCUT2D eigenvalue weighted by molar-refractivity contribution is -0.143. The van der Waals surface area contributed by atoms with Crippen LogP contribution in [0.4, 0.5) is 13.2 Å². The van der Waals surface area contributed by atoms with Crippen LogP contribution < -0.4 is 15.4 Å². The minimum atomic E-state index is -4.16. The Hall–Kier alpha value is -0.750. The number of likely N-dealkylation sites (tertiary alicyclic amines) is 1. The summed E-state index contributed by atoms with van der Waals surface area (Å²) in [5.74, 6) is 1.31. The Balaban J connectivity index is 0.00000338. The molecule has 148 valence electrons.